The van der Waals surface area contributed by atoms with Gasteiger partial charge < -0.3 is 5.32 Å². The molecule has 17 heavy (non-hydrogen) atoms. The summed E-state index contributed by atoms with van der Waals surface area (Å²) in [6.07, 6.45) is 4.52. The van der Waals surface area contributed by atoms with E-state index in [1.54, 1.807) is 12.1 Å². The van der Waals surface area contributed by atoms with Crippen molar-refractivity contribution in [2.75, 3.05) is 5.32 Å². The molecule has 0 aromatic heterocycles. The largest absolute Gasteiger partial charge is 0.374 e. The zero-order valence-corrected chi connectivity index (χ0v) is 11.3. The Morgan fingerprint density at radius 3 is 2.65 bits per heavy atom. The standard InChI is InChI=1S/C12H15BrN2O2/c1-12(6-2-3-7-12)14-10-5-4-9(13)8-11(10)15(16)17/h4-5,8,14H,2-3,6-7H2,1H3. The zero-order chi connectivity index (χ0) is 12.5. The first-order chi connectivity index (χ1) is 8.00. The third-order valence-corrected chi connectivity index (χ3v) is 3.79. The summed E-state index contributed by atoms with van der Waals surface area (Å²) >= 11 is 3.26. The molecule has 0 saturated heterocycles. The summed E-state index contributed by atoms with van der Waals surface area (Å²) in [5, 5.41) is 14.3. The quantitative estimate of drug-likeness (QED) is 0.675. The van der Waals surface area contributed by atoms with Gasteiger partial charge in [0.15, 0.2) is 0 Å². The Morgan fingerprint density at radius 2 is 2.06 bits per heavy atom. The average Bonchev–Trinajstić information content (AvgIpc) is 2.67. The van der Waals surface area contributed by atoms with Crippen LogP contribution in [0, 0.1) is 10.1 Å². The fourth-order valence-electron chi connectivity index (χ4n) is 2.37. The van der Waals surface area contributed by atoms with Crippen LogP contribution in [0.4, 0.5) is 11.4 Å². The van der Waals surface area contributed by atoms with E-state index in [9.17, 15) is 10.1 Å². The van der Waals surface area contributed by atoms with Gasteiger partial charge in [-0.3, -0.25) is 10.1 Å². The molecule has 1 N–H and O–H groups in total. The van der Waals surface area contributed by atoms with E-state index < -0.39 is 0 Å². The van der Waals surface area contributed by atoms with Crippen LogP contribution >= 0.6 is 15.9 Å². The Hall–Kier alpha value is -1.10. The van der Waals surface area contributed by atoms with Gasteiger partial charge in [-0.15, -0.1) is 0 Å². The second-order valence-corrected chi connectivity index (χ2v) is 5.73. The van der Waals surface area contributed by atoms with Gasteiger partial charge in [0, 0.05) is 16.1 Å². The van der Waals surface area contributed by atoms with Gasteiger partial charge in [-0.1, -0.05) is 28.8 Å². The van der Waals surface area contributed by atoms with Gasteiger partial charge >= 0.3 is 0 Å². The molecular formula is C12H15BrN2O2. The van der Waals surface area contributed by atoms with Gasteiger partial charge in [0.05, 0.1) is 4.92 Å². The van der Waals surface area contributed by atoms with Crippen LogP contribution in [0.3, 0.4) is 0 Å². The smallest absolute Gasteiger partial charge is 0.293 e. The maximum atomic E-state index is 11.0. The lowest BCUT2D eigenvalue weighted by atomic mass is 10.00. The van der Waals surface area contributed by atoms with E-state index in [0.29, 0.717) is 5.69 Å². The van der Waals surface area contributed by atoms with Crippen molar-refractivity contribution in [3.63, 3.8) is 0 Å². The molecule has 4 nitrogen and oxygen atoms in total. The van der Waals surface area contributed by atoms with Crippen LogP contribution in [-0.4, -0.2) is 10.5 Å². The first kappa shape index (κ1) is 12.4. The van der Waals surface area contributed by atoms with Crippen molar-refractivity contribution < 1.29 is 4.92 Å². The highest BCUT2D eigenvalue weighted by molar-refractivity contribution is 9.10. The predicted molar refractivity (Wildman–Crippen MR) is 71.3 cm³/mol. The van der Waals surface area contributed by atoms with Crippen LogP contribution in [0.5, 0.6) is 0 Å². The summed E-state index contributed by atoms with van der Waals surface area (Å²) < 4.78 is 0.728. The summed E-state index contributed by atoms with van der Waals surface area (Å²) in [5.74, 6) is 0. The zero-order valence-electron chi connectivity index (χ0n) is 9.70. The summed E-state index contributed by atoms with van der Waals surface area (Å²) in [7, 11) is 0. The van der Waals surface area contributed by atoms with E-state index in [1.807, 2.05) is 6.07 Å². The van der Waals surface area contributed by atoms with Gasteiger partial charge in [0.25, 0.3) is 5.69 Å². The number of nitrogens with zero attached hydrogens (tertiary/aromatic N) is 1. The number of nitro groups is 1. The van der Waals surface area contributed by atoms with Crippen molar-refractivity contribution >= 4 is 27.3 Å². The molecule has 0 heterocycles. The Bertz CT molecular complexity index is 442. The number of nitrogens with one attached hydrogen (secondary N) is 1. The minimum absolute atomic E-state index is 0.00140. The molecule has 0 aliphatic heterocycles. The number of hydrogen-bond donors (Lipinski definition) is 1. The lowest BCUT2D eigenvalue weighted by Gasteiger charge is -2.26. The molecule has 2 rings (SSSR count). The average molecular weight is 299 g/mol. The minimum Gasteiger partial charge on any atom is -0.374 e. The molecule has 0 spiro atoms. The van der Waals surface area contributed by atoms with E-state index in [-0.39, 0.29) is 16.1 Å². The van der Waals surface area contributed by atoms with E-state index in [4.69, 9.17) is 0 Å². The molecule has 0 unspecified atom stereocenters. The van der Waals surface area contributed by atoms with Crippen molar-refractivity contribution in [2.24, 2.45) is 0 Å². The molecule has 0 amide bonds. The van der Waals surface area contributed by atoms with Crippen LogP contribution in [-0.2, 0) is 0 Å². The van der Waals surface area contributed by atoms with Crippen molar-refractivity contribution in [3.8, 4) is 0 Å². The normalized spacial score (nSPS) is 18.0. The number of halogens is 1. The summed E-state index contributed by atoms with van der Waals surface area (Å²) in [5.41, 5.74) is 0.744. The molecule has 0 atom stereocenters. The van der Waals surface area contributed by atoms with Crippen LogP contribution in [0.1, 0.15) is 32.6 Å². The number of benzene rings is 1. The molecule has 1 saturated carbocycles. The maximum Gasteiger partial charge on any atom is 0.293 e. The summed E-state index contributed by atoms with van der Waals surface area (Å²) in [6.45, 7) is 2.13. The Kier molecular flexibility index (Phi) is 3.38. The molecule has 0 radical (unpaired) electrons. The van der Waals surface area contributed by atoms with Crippen LogP contribution in [0.15, 0.2) is 22.7 Å². The molecule has 0 bridgehead atoms. The van der Waals surface area contributed by atoms with Crippen molar-refractivity contribution in [3.05, 3.63) is 32.8 Å². The minimum atomic E-state index is -0.342. The second-order valence-electron chi connectivity index (χ2n) is 4.81. The SMILES string of the molecule is CC1(Nc2ccc(Br)cc2[N+](=O)[O-])CCCC1. The van der Waals surface area contributed by atoms with Gasteiger partial charge in [-0.05, 0) is 31.9 Å². The summed E-state index contributed by atoms with van der Waals surface area (Å²) in [4.78, 5) is 10.7. The fourth-order valence-corrected chi connectivity index (χ4v) is 2.72. The Labute approximate surface area is 109 Å². The second kappa shape index (κ2) is 4.64. The molecular weight excluding hydrogens is 284 g/mol. The van der Waals surface area contributed by atoms with Gasteiger partial charge in [-0.25, -0.2) is 0 Å². The van der Waals surface area contributed by atoms with Gasteiger partial charge in [-0.2, -0.15) is 0 Å². The Balaban J connectivity index is 2.28. The number of nitro benzene ring substituents is 1. The first-order valence-corrected chi connectivity index (χ1v) is 6.52. The van der Waals surface area contributed by atoms with E-state index in [0.717, 1.165) is 17.3 Å². The predicted octanol–water partition coefficient (Wildman–Crippen LogP) is 4.10. The van der Waals surface area contributed by atoms with Crippen molar-refractivity contribution in [1.82, 2.24) is 0 Å². The topological polar surface area (TPSA) is 55.2 Å². The monoisotopic (exact) mass is 298 g/mol. The van der Waals surface area contributed by atoms with E-state index in [2.05, 4.69) is 28.2 Å². The molecule has 1 aromatic carbocycles. The molecule has 1 aliphatic carbocycles. The third-order valence-electron chi connectivity index (χ3n) is 3.30. The summed E-state index contributed by atoms with van der Waals surface area (Å²) in [6, 6.07) is 5.14. The van der Waals surface area contributed by atoms with Crippen molar-refractivity contribution in [2.45, 2.75) is 38.1 Å². The van der Waals surface area contributed by atoms with Crippen LogP contribution in [0.2, 0.25) is 0 Å². The van der Waals surface area contributed by atoms with E-state index >= 15 is 0 Å². The van der Waals surface area contributed by atoms with Crippen LogP contribution in [0.25, 0.3) is 0 Å². The molecule has 5 heteroatoms. The highest BCUT2D eigenvalue weighted by Gasteiger charge is 2.30. The lowest BCUT2D eigenvalue weighted by Crippen LogP contribution is -2.31. The van der Waals surface area contributed by atoms with Gasteiger partial charge in [0.1, 0.15) is 5.69 Å². The molecule has 1 aliphatic rings. The number of hydrogen-bond acceptors (Lipinski definition) is 3. The van der Waals surface area contributed by atoms with Gasteiger partial charge in [0.2, 0.25) is 0 Å². The number of rotatable bonds is 3. The maximum absolute atomic E-state index is 11.0. The van der Waals surface area contributed by atoms with Crippen LogP contribution < -0.4 is 5.32 Å². The lowest BCUT2D eigenvalue weighted by molar-refractivity contribution is -0.384. The molecule has 1 fully saturated rings. The third kappa shape index (κ3) is 2.77. The van der Waals surface area contributed by atoms with E-state index in [1.165, 1.54) is 12.8 Å². The molecule has 92 valence electrons. The first-order valence-electron chi connectivity index (χ1n) is 5.72. The number of anilines is 1. The fraction of sp³-hybridized carbons (Fsp3) is 0.500. The highest BCUT2D eigenvalue weighted by Crippen LogP contribution is 2.36. The Morgan fingerprint density at radius 1 is 1.41 bits per heavy atom. The van der Waals surface area contributed by atoms with Crippen molar-refractivity contribution in [1.29, 1.82) is 0 Å². The highest BCUT2D eigenvalue weighted by atomic mass is 79.9. The molecule has 1 aromatic rings.